The highest BCUT2D eigenvalue weighted by molar-refractivity contribution is 7.98. The molecular formula is C25H23ClN4O4S3. The van der Waals surface area contributed by atoms with E-state index in [1.54, 1.807) is 67.6 Å². The zero-order chi connectivity index (χ0) is 26.4. The number of nitrogens with one attached hydrogen (secondary N) is 1. The van der Waals surface area contributed by atoms with Gasteiger partial charge in [-0.1, -0.05) is 47.2 Å². The standard InChI is InChI=1S/C25H23ClN4O4S3/c1-3-34-22-7-5-4-6-21(22)30(37(32,33)20-14-12-19(35-2)13-15-20)16-23(31)27-25-29-28-24(36-25)17-8-10-18(26)11-9-17/h4-15H,3,16H2,1-2H3,(H,27,29,31). The van der Waals surface area contributed by atoms with Crippen LogP contribution in [0.25, 0.3) is 10.6 Å². The number of hydrogen-bond acceptors (Lipinski definition) is 8. The van der Waals surface area contributed by atoms with Crippen molar-refractivity contribution in [2.45, 2.75) is 16.7 Å². The summed E-state index contributed by atoms with van der Waals surface area (Å²) in [7, 11) is -4.11. The van der Waals surface area contributed by atoms with Crippen molar-refractivity contribution in [1.82, 2.24) is 10.2 Å². The second-order valence-electron chi connectivity index (χ2n) is 7.56. The molecule has 0 atom stereocenters. The molecule has 0 saturated carbocycles. The molecule has 4 rings (SSSR count). The Balaban J connectivity index is 1.63. The molecule has 4 aromatic rings. The molecule has 0 saturated heterocycles. The maximum absolute atomic E-state index is 13.7. The number of rotatable bonds is 10. The van der Waals surface area contributed by atoms with E-state index in [2.05, 4.69) is 15.5 Å². The van der Waals surface area contributed by atoms with Crippen LogP contribution in [0.15, 0.2) is 82.6 Å². The number of carbonyl (C=O) groups excluding carboxylic acids is 1. The molecule has 1 aromatic heterocycles. The molecule has 0 aliphatic carbocycles. The largest absolute Gasteiger partial charge is 0.492 e. The van der Waals surface area contributed by atoms with Crippen molar-refractivity contribution < 1.29 is 17.9 Å². The number of carbonyl (C=O) groups is 1. The Morgan fingerprint density at radius 3 is 2.43 bits per heavy atom. The fraction of sp³-hybridized carbons (Fsp3) is 0.160. The molecule has 192 valence electrons. The summed E-state index contributed by atoms with van der Waals surface area (Å²) in [4.78, 5) is 14.1. The first-order valence-corrected chi connectivity index (χ1v) is 15.0. The highest BCUT2D eigenvalue weighted by Gasteiger charge is 2.30. The van der Waals surface area contributed by atoms with E-state index in [-0.39, 0.29) is 15.7 Å². The summed E-state index contributed by atoms with van der Waals surface area (Å²) in [5.41, 5.74) is 1.05. The van der Waals surface area contributed by atoms with Gasteiger partial charge in [0, 0.05) is 15.5 Å². The molecule has 0 aliphatic rings. The molecule has 0 aliphatic heterocycles. The number of halogens is 1. The molecule has 0 radical (unpaired) electrons. The minimum atomic E-state index is -4.11. The van der Waals surface area contributed by atoms with Crippen molar-refractivity contribution in [3.05, 3.63) is 77.8 Å². The quantitative estimate of drug-likeness (QED) is 0.238. The molecule has 1 amide bonds. The molecular weight excluding hydrogens is 552 g/mol. The summed E-state index contributed by atoms with van der Waals surface area (Å²) in [6.45, 7) is 1.64. The average Bonchev–Trinajstić information content (AvgIpc) is 3.36. The molecule has 1 heterocycles. The maximum atomic E-state index is 13.7. The fourth-order valence-corrected chi connectivity index (χ4v) is 6.12. The third kappa shape index (κ3) is 6.42. The molecule has 1 N–H and O–H groups in total. The number of sulfonamides is 1. The summed E-state index contributed by atoms with van der Waals surface area (Å²) < 4.78 is 34.2. The van der Waals surface area contributed by atoms with E-state index in [0.717, 1.165) is 14.8 Å². The van der Waals surface area contributed by atoms with Crippen LogP contribution in [0.1, 0.15) is 6.92 Å². The van der Waals surface area contributed by atoms with Crippen molar-refractivity contribution in [3.8, 4) is 16.3 Å². The first kappa shape index (κ1) is 26.9. The Labute approximate surface area is 228 Å². The predicted octanol–water partition coefficient (Wildman–Crippen LogP) is 5.81. The second-order valence-corrected chi connectivity index (χ2v) is 11.7. The third-order valence-corrected chi connectivity index (χ3v) is 8.79. The first-order chi connectivity index (χ1) is 17.8. The number of para-hydroxylation sites is 2. The van der Waals surface area contributed by atoms with Crippen molar-refractivity contribution in [2.75, 3.05) is 29.0 Å². The van der Waals surface area contributed by atoms with Crippen LogP contribution in [0, 0.1) is 0 Å². The van der Waals surface area contributed by atoms with Crippen LogP contribution in [0.2, 0.25) is 5.02 Å². The zero-order valence-corrected chi connectivity index (χ0v) is 23.1. The molecule has 0 fully saturated rings. The van der Waals surface area contributed by atoms with Gasteiger partial charge in [0.05, 0.1) is 17.2 Å². The minimum Gasteiger partial charge on any atom is -0.492 e. The summed E-state index contributed by atoms with van der Waals surface area (Å²) >= 11 is 8.62. The molecule has 3 aromatic carbocycles. The predicted molar refractivity (Wildman–Crippen MR) is 149 cm³/mol. The Hall–Kier alpha value is -3.12. The number of anilines is 2. The van der Waals surface area contributed by atoms with Crippen molar-refractivity contribution >= 4 is 61.4 Å². The summed E-state index contributed by atoms with van der Waals surface area (Å²) in [5.74, 6) is -0.225. The van der Waals surface area contributed by atoms with Gasteiger partial charge in [-0.25, -0.2) is 8.42 Å². The van der Waals surface area contributed by atoms with E-state index in [1.807, 2.05) is 6.26 Å². The molecule has 37 heavy (non-hydrogen) atoms. The number of hydrogen-bond donors (Lipinski definition) is 1. The number of ether oxygens (including phenoxy) is 1. The molecule has 0 bridgehead atoms. The number of thioether (sulfide) groups is 1. The van der Waals surface area contributed by atoms with E-state index in [9.17, 15) is 13.2 Å². The number of aromatic nitrogens is 2. The summed E-state index contributed by atoms with van der Waals surface area (Å²) in [5, 5.41) is 12.2. The lowest BCUT2D eigenvalue weighted by atomic mass is 10.2. The van der Waals surface area contributed by atoms with Gasteiger partial charge in [-0.3, -0.25) is 14.4 Å². The van der Waals surface area contributed by atoms with Crippen LogP contribution in [0.5, 0.6) is 5.75 Å². The van der Waals surface area contributed by atoms with Gasteiger partial charge in [-0.05, 0) is 61.7 Å². The van der Waals surface area contributed by atoms with Gasteiger partial charge in [0.2, 0.25) is 11.0 Å². The van der Waals surface area contributed by atoms with E-state index < -0.39 is 22.5 Å². The molecule has 0 spiro atoms. The Kier molecular flexibility index (Phi) is 8.70. The van der Waals surface area contributed by atoms with Crippen molar-refractivity contribution in [1.29, 1.82) is 0 Å². The molecule has 12 heteroatoms. The van der Waals surface area contributed by atoms with Gasteiger partial charge in [0.1, 0.15) is 17.3 Å². The minimum absolute atomic E-state index is 0.0605. The lowest BCUT2D eigenvalue weighted by Crippen LogP contribution is -2.38. The van der Waals surface area contributed by atoms with Gasteiger partial charge < -0.3 is 4.74 Å². The summed E-state index contributed by atoms with van der Waals surface area (Å²) in [6.07, 6.45) is 1.91. The van der Waals surface area contributed by atoms with Crippen LogP contribution in [-0.4, -0.2) is 43.9 Å². The SMILES string of the molecule is CCOc1ccccc1N(CC(=O)Nc1nnc(-c2ccc(Cl)cc2)s1)S(=O)(=O)c1ccc(SC)cc1. The van der Waals surface area contributed by atoms with Crippen LogP contribution < -0.4 is 14.4 Å². The lowest BCUT2D eigenvalue weighted by molar-refractivity contribution is -0.114. The number of amides is 1. The van der Waals surface area contributed by atoms with Gasteiger partial charge in [-0.15, -0.1) is 22.0 Å². The van der Waals surface area contributed by atoms with Gasteiger partial charge >= 0.3 is 0 Å². The van der Waals surface area contributed by atoms with E-state index in [1.165, 1.54) is 35.2 Å². The van der Waals surface area contributed by atoms with Crippen LogP contribution in [0.3, 0.4) is 0 Å². The number of nitrogens with zero attached hydrogens (tertiary/aromatic N) is 3. The van der Waals surface area contributed by atoms with E-state index >= 15 is 0 Å². The van der Waals surface area contributed by atoms with Crippen molar-refractivity contribution in [3.63, 3.8) is 0 Å². The smallest absolute Gasteiger partial charge is 0.264 e. The van der Waals surface area contributed by atoms with Crippen LogP contribution >= 0.6 is 34.7 Å². The maximum Gasteiger partial charge on any atom is 0.264 e. The van der Waals surface area contributed by atoms with Gasteiger partial charge in [0.25, 0.3) is 10.0 Å². The van der Waals surface area contributed by atoms with Crippen LogP contribution in [0.4, 0.5) is 10.8 Å². The van der Waals surface area contributed by atoms with Gasteiger partial charge in [0.15, 0.2) is 0 Å². The summed E-state index contributed by atoms with van der Waals surface area (Å²) in [6, 6.07) is 20.3. The second kappa shape index (κ2) is 12.0. The normalized spacial score (nSPS) is 11.2. The van der Waals surface area contributed by atoms with Crippen LogP contribution in [-0.2, 0) is 14.8 Å². The lowest BCUT2D eigenvalue weighted by Gasteiger charge is -2.25. The average molecular weight is 575 g/mol. The van der Waals surface area contributed by atoms with Crippen molar-refractivity contribution in [2.24, 2.45) is 0 Å². The topological polar surface area (TPSA) is 101 Å². The molecule has 8 nitrogen and oxygen atoms in total. The Morgan fingerprint density at radius 2 is 1.76 bits per heavy atom. The third-order valence-electron chi connectivity index (χ3n) is 5.13. The highest BCUT2D eigenvalue weighted by atomic mass is 35.5. The Bertz CT molecular complexity index is 1480. The Morgan fingerprint density at radius 1 is 1.05 bits per heavy atom. The first-order valence-electron chi connectivity index (χ1n) is 11.1. The molecule has 0 unspecified atom stereocenters. The zero-order valence-electron chi connectivity index (χ0n) is 19.9. The van der Waals surface area contributed by atoms with E-state index in [4.69, 9.17) is 16.3 Å². The van der Waals surface area contributed by atoms with Gasteiger partial charge in [-0.2, -0.15) is 0 Å². The fourth-order valence-electron chi connectivity index (χ4n) is 3.39. The number of benzene rings is 3. The van der Waals surface area contributed by atoms with E-state index in [0.29, 0.717) is 22.4 Å². The monoisotopic (exact) mass is 574 g/mol. The highest BCUT2D eigenvalue weighted by Crippen LogP contribution is 2.33.